The van der Waals surface area contributed by atoms with Crippen LogP contribution in [0.5, 0.6) is 0 Å². The minimum Gasteiger partial charge on any atom is -0.357 e. The lowest BCUT2D eigenvalue weighted by Crippen LogP contribution is -2.18. The summed E-state index contributed by atoms with van der Waals surface area (Å²) in [7, 11) is 0. The van der Waals surface area contributed by atoms with Gasteiger partial charge < -0.3 is 4.90 Å². The van der Waals surface area contributed by atoms with Crippen LogP contribution in [-0.2, 0) is 0 Å². The van der Waals surface area contributed by atoms with Gasteiger partial charge in [0, 0.05) is 24.8 Å². The Bertz CT molecular complexity index is 508. The molecular weight excluding hydrogens is 220 g/mol. The third kappa shape index (κ3) is 2.23. The molecule has 2 heteroatoms. The van der Waals surface area contributed by atoms with Crippen LogP contribution < -0.4 is 4.90 Å². The van der Waals surface area contributed by atoms with Crippen molar-refractivity contribution in [3.8, 4) is 11.1 Å². The molecule has 0 radical (unpaired) electrons. The number of aryl methyl sites for hydroxylation is 1. The summed E-state index contributed by atoms with van der Waals surface area (Å²) in [4.78, 5) is 6.95. The zero-order chi connectivity index (χ0) is 12.4. The molecule has 1 aromatic heterocycles. The number of pyridine rings is 1. The number of hydrogen-bond acceptors (Lipinski definition) is 2. The number of aromatic nitrogens is 1. The largest absolute Gasteiger partial charge is 0.357 e. The molecule has 0 amide bonds. The van der Waals surface area contributed by atoms with Gasteiger partial charge in [-0.3, -0.25) is 0 Å². The van der Waals surface area contributed by atoms with Crippen molar-refractivity contribution in [2.24, 2.45) is 0 Å². The monoisotopic (exact) mass is 238 g/mol. The van der Waals surface area contributed by atoms with E-state index in [0.29, 0.717) is 0 Å². The summed E-state index contributed by atoms with van der Waals surface area (Å²) in [6, 6.07) is 12.9. The molecule has 0 spiro atoms. The first-order valence-corrected chi connectivity index (χ1v) is 6.61. The van der Waals surface area contributed by atoms with Crippen LogP contribution in [0.2, 0.25) is 0 Å². The first kappa shape index (κ1) is 11.3. The summed E-state index contributed by atoms with van der Waals surface area (Å²) in [5.41, 5.74) is 3.72. The fraction of sp³-hybridized carbons (Fsp3) is 0.312. The molecule has 2 heterocycles. The molecule has 0 aliphatic carbocycles. The minimum absolute atomic E-state index is 1.11. The molecule has 0 bridgehead atoms. The van der Waals surface area contributed by atoms with Gasteiger partial charge in [-0.2, -0.15) is 0 Å². The fourth-order valence-electron chi connectivity index (χ4n) is 2.44. The van der Waals surface area contributed by atoms with E-state index in [1.165, 1.54) is 29.5 Å². The topological polar surface area (TPSA) is 16.1 Å². The number of hydrogen-bond donors (Lipinski definition) is 0. The molecule has 0 atom stereocenters. The van der Waals surface area contributed by atoms with Crippen molar-refractivity contribution in [1.82, 2.24) is 4.98 Å². The van der Waals surface area contributed by atoms with Crippen LogP contribution in [0, 0.1) is 6.92 Å². The SMILES string of the molecule is Cc1ccc(-c2ccc(N3CCCC3)nc2)cc1. The molecule has 3 rings (SSSR count). The lowest BCUT2D eigenvalue weighted by Gasteiger charge is -2.16. The molecule has 1 aliphatic rings. The van der Waals surface area contributed by atoms with E-state index in [-0.39, 0.29) is 0 Å². The minimum atomic E-state index is 1.11. The van der Waals surface area contributed by atoms with Gasteiger partial charge in [0.2, 0.25) is 0 Å². The van der Waals surface area contributed by atoms with Crippen molar-refractivity contribution < 1.29 is 0 Å². The van der Waals surface area contributed by atoms with E-state index < -0.39 is 0 Å². The quantitative estimate of drug-likeness (QED) is 0.793. The number of rotatable bonds is 2. The van der Waals surface area contributed by atoms with Crippen LogP contribution in [0.25, 0.3) is 11.1 Å². The average molecular weight is 238 g/mol. The van der Waals surface area contributed by atoms with Crippen LogP contribution in [-0.4, -0.2) is 18.1 Å². The Morgan fingerprint density at radius 3 is 2.17 bits per heavy atom. The maximum Gasteiger partial charge on any atom is 0.128 e. The Hall–Kier alpha value is -1.83. The van der Waals surface area contributed by atoms with E-state index in [1.54, 1.807) is 0 Å². The van der Waals surface area contributed by atoms with Crippen molar-refractivity contribution in [2.75, 3.05) is 18.0 Å². The van der Waals surface area contributed by atoms with Gasteiger partial charge in [0.15, 0.2) is 0 Å². The average Bonchev–Trinajstić information content (AvgIpc) is 2.94. The van der Waals surface area contributed by atoms with E-state index >= 15 is 0 Å². The van der Waals surface area contributed by atoms with Crippen LogP contribution in [0.3, 0.4) is 0 Å². The van der Waals surface area contributed by atoms with Gasteiger partial charge in [0.05, 0.1) is 0 Å². The molecular formula is C16H18N2. The second-order valence-electron chi connectivity index (χ2n) is 4.97. The van der Waals surface area contributed by atoms with Gasteiger partial charge in [-0.05, 0) is 37.5 Å². The van der Waals surface area contributed by atoms with E-state index in [9.17, 15) is 0 Å². The summed E-state index contributed by atoms with van der Waals surface area (Å²) in [6.45, 7) is 4.41. The molecule has 1 aliphatic heterocycles. The van der Waals surface area contributed by atoms with Crippen molar-refractivity contribution >= 4 is 5.82 Å². The smallest absolute Gasteiger partial charge is 0.128 e. The summed E-state index contributed by atoms with van der Waals surface area (Å²) in [5.74, 6) is 1.11. The summed E-state index contributed by atoms with van der Waals surface area (Å²) in [6.07, 6.45) is 4.57. The van der Waals surface area contributed by atoms with Crippen LogP contribution in [0.4, 0.5) is 5.82 Å². The van der Waals surface area contributed by atoms with Gasteiger partial charge in [-0.25, -0.2) is 4.98 Å². The zero-order valence-corrected chi connectivity index (χ0v) is 10.8. The van der Waals surface area contributed by atoms with Crippen molar-refractivity contribution in [1.29, 1.82) is 0 Å². The zero-order valence-electron chi connectivity index (χ0n) is 10.8. The predicted octanol–water partition coefficient (Wildman–Crippen LogP) is 3.66. The van der Waals surface area contributed by atoms with Crippen molar-refractivity contribution in [3.05, 3.63) is 48.2 Å². The third-order valence-corrected chi connectivity index (χ3v) is 3.56. The van der Waals surface area contributed by atoms with Crippen LogP contribution in [0.1, 0.15) is 18.4 Å². The molecule has 2 aromatic rings. The molecule has 1 aromatic carbocycles. The molecule has 18 heavy (non-hydrogen) atoms. The molecule has 2 nitrogen and oxygen atoms in total. The highest BCUT2D eigenvalue weighted by Gasteiger charge is 2.12. The second kappa shape index (κ2) is 4.81. The first-order chi connectivity index (χ1) is 8.83. The van der Waals surface area contributed by atoms with Gasteiger partial charge in [0.25, 0.3) is 0 Å². The van der Waals surface area contributed by atoms with Crippen molar-refractivity contribution in [2.45, 2.75) is 19.8 Å². The normalized spacial score (nSPS) is 15.1. The number of benzene rings is 1. The Morgan fingerprint density at radius 2 is 1.56 bits per heavy atom. The molecule has 1 fully saturated rings. The van der Waals surface area contributed by atoms with Gasteiger partial charge in [-0.15, -0.1) is 0 Å². The highest BCUT2D eigenvalue weighted by atomic mass is 15.2. The predicted molar refractivity (Wildman–Crippen MR) is 75.9 cm³/mol. The van der Waals surface area contributed by atoms with E-state index in [2.05, 4.69) is 53.2 Å². The maximum atomic E-state index is 4.59. The fourth-order valence-corrected chi connectivity index (χ4v) is 2.44. The van der Waals surface area contributed by atoms with Gasteiger partial charge in [0.1, 0.15) is 5.82 Å². The van der Waals surface area contributed by atoms with Crippen LogP contribution in [0.15, 0.2) is 42.6 Å². The summed E-state index contributed by atoms with van der Waals surface area (Å²) < 4.78 is 0. The van der Waals surface area contributed by atoms with Gasteiger partial charge in [-0.1, -0.05) is 29.8 Å². The number of anilines is 1. The summed E-state index contributed by atoms with van der Waals surface area (Å²) >= 11 is 0. The van der Waals surface area contributed by atoms with E-state index in [4.69, 9.17) is 0 Å². The highest BCUT2D eigenvalue weighted by molar-refractivity contribution is 5.64. The Balaban J connectivity index is 1.84. The molecule has 92 valence electrons. The summed E-state index contributed by atoms with van der Waals surface area (Å²) in [5, 5.41) is 0. The Labute approximate surface area is 108 Å². The van der Waals surface area contributed by atoms with E-state index in [1.807, 2.05) is 6.20 Å². The maximum absolute atomic E-state index is 4.59. The molecule has 1 saturated heterocycles. The van der Waals surface area contributed by atoms with Crippen molar-refractivity contribution in [3.63, 3.8) is 0 Å². The second-order valence-corrected chi connectivity index (χ2v) is 4.97. The molecule has 0 saturated carbocycles. The molecule has 0 unspecified atom stereocenters. The standard InChI is InChI=1S/C16H18N2/c1-13-4-6-14(7-5-13)15-8-9-16(17-12-15)18-10-2-3-11-18/h4-9,12H,2-3,10-11H2,1H3. The molecule has 0 N–H and O–H groups in total. The Kier molecular flexibility index (Phi) is 3.01. The third-order valence-electron chi connectivity index (χ3n) is 3.56. The van der Waals surface area contributed by atoms with Crippen LogP contribution >= 0.6 is 0 Å². The lowest BCUT2D eigenvalue weighted by molar-refractivity contribution is 0.938. The van der Waals surface area contributed by atoms with E-state index in [0.717, 1.165) is 18.9 Å². The Morgan fingerprint density at radius 1 is 0.889 bits per heavy atom. The number of nitrogens with zero attached hydrogens (tertiary/aromatic N) is 2. The lowest BCUT2D eigenvalue weighted by atomic mass is 10.1. The first-order valence-electron chi connectivity index (χ1n) is 6.61. The van der Waals surface area contributed by atoms with Gasteiger partial charge >= 0.3 is 0 Å². The highest BCUT2D eigenvalue weighted by Crippen LogP contribution is 2.23.